The fraction of sp³-hybridized carbons (Fsp3) is 0.823. The minimum absolute atomic E-state index is 0.0776. The number of esters is 3. The van der Waals surface area contributed by atoms with Gasteiger partial charge in [0.2, 0.25) is 0 Å². The van der Waals surface area contributed by atoms with Gasteiger partial charge < -0.3 is 14.2 Å². The van der Waals surface area contributed by atoms with E-state index in [2.05, 4.69) is 69.4 Å². The van der Waals surface area contributed by atoms with Gasteiger partial charge >= 0.3 is 17.9 Å². The molecule has 0 fully saturated rings. The topological polar surface area (TPSA) is 78.9 Å². The maximum absolute atomic E-state index is 12.8. The van der Waals surface area contributed by atoms with Crippen LogP contribution in [0.2, 0.25) is 0 Å². The zero-order chi connectivity index (χ0) is 49.3. The van der Waals surface area contributed by atoms with Crippen molar-refractivity contribution in [3.63, 3.8) is 0 Å². The summed E-state index contributed by atoms with van der Waals surface area (Å²) in [6.45, 7) is 6.62. The Bertz CT molecular complexity index is 1190. The molecule has 0 amide bonds. The van der Waals surface area contributed by atoms with Crippen LogP contribution in [0.25, 0.3) is 0 Å². The molecule has 1 atom stereocenters. The average Bonchev–Trinajstić information content (AvgIpc) is 3.34. The largest absolute Gasteiger partial charge is 0.462 e. The molecule has 0 spiro atoms. The molecule has 0 aromatic heterocycles. The predicted molar refractivity (Wildman–Crippen MR) is 293 cm³/mol. The molecule has 68 heavy (non-hydrogen) atoms. The van der Waals surface area contributed by atoms with E-state index in [1.807, 2.05) is 0 Å². The number of carbonyl (C=O) groups excluding carboxylic acids is 3. The first-order valence-electron chi connectivity index (χ1n) is 29.6. The highest BCUT2D eigenvalue weighted by Crippen LogP contribution is 2.16. The second kappa shape index (κ2) is 57.0. The normalized spacial score (nSPS) is 12.3. The van der Waals surface area contributed by atoms with Crippen LogP contribution >= 0.6 is 0 Å². The number of hydrogen-bond donors (Lipinski definition) is 0. The second-order valence-electron chi connectivity index (χ2n) is 19.9. The first kappa shape index (κ1) is 65.4. The molecule has 6 nitrogen and oxygen atoms in total. The summed E-state index contributed by atoms with van der Waals surface area (Å²) < 4.78 is 16.9. The molecular weight excluding hydrogens is 841 g/mol. The number of ether oxygens (including phenoxy) is 3. The van der Waals surface area contributed by atoms with E-state index >= 15 is 0 Å². The molecule has 0 rings (SSSR count). The fourth-order valence-corrected chi connectivity index (χ4v) is 8.56. The molecule has 0 saturated carbocycles. The lowest BCUT2D eigenvalue weighted by Crippen LogP contribution is -2.30. The number of rotatable bonds is 54. The summed E-state index contributed by atoms with van der Waals surface area (Å²) in [4.78, 5) is 38.1. The molecule has 0 aliphatic carbocycles. The summed E-state index contributed by atoms with van der Waals surface area (Å²) in [5, 5.41) is 0. The smallest absolute Gasteiger partial charge is 0.306 e. The van der Waals surface area contributed by atoms with E-state index in [1.165, 1.54) is 186 Å². The van der Waals surface area contributed by atoms with E-state index < -0.39 is 6.10 Å². The third kappa shape index (κ3) is 54.3. The van der Waals surface area contributed by atoms with Gasteiger partial charge in [-0.15, -0.1) is 0 Å². The first-order chi connectivity index (χ1) is 33.5. The van der Waals surface area contributed by atoms with Gasteiger partial charge in [-0.2, -0.15) is 0 Å². The lowest BCUT2D eigenvalue weighted by atomic mass is 10.0. The Labute approximate surface area is 422 Å². The summed E-state index contributed by atoms with van der Waals surface area (Å²) in [6.07, 6.45) is 69.6. The van der Waals surface area contributed by atoms with Crippen LogP contribution < -0.4 is 0 Å². The Hall–Kier alpha value is -2.63. The molecule has 0 saturated heterocycles. The van der Waals surface area contributed by atoms with Gasteiger partial charge in [0.25, 0.3) is 0 Å². The van der Waals surface area contributed by atoms with Crippen molar-refractivity contribution in [2.24, 2.45) is 0 Å². The maximum Gasteiger partial charge on any atom is 0.306 e. The monoisotopic (exact) mass is 953 g/mol. The first-order valence-corrected chi connectivity index (χ1v) is 29.6. The van der Waals surface area contributed by atoms with Crippen molar-refractivity contribution in [1.82, 2.24) is 0 Å². The van der Waals surface area contributed by atoms with Crippen LogP contribution in [-0.2, 0) is 28.6 Å². The molecule has 0 aromatic carbocycles. The van der Waals surface area contributed by atoms with E-state index in [1.54, 1.807) is 0 Å². The lowest BCUT2D eigenvalue weighted by molar-refractivity contribution is -0.167. The highest BCUT2D eigenvalue weighted by molar-refractivity contribution is 5.71. The second-order valence-corrected chi connectivity index (χ2v) is 19.9. The fourth-order valence-electron chi connectivity index (χ4n) is 8.56. The standard InChI is InChI=1S/C62H112O6/c1-4-7-10-13-16-19-22-25-27-29-30-31-32-34-36-38-41-43-46-49-52-55-61(64)67-58-59(68-62(65)56-53-50-47-44-39-24-21-18-15-12-9-6-3)57-66-60(63)54-51-48-45-42-40-37-35-33-28-26-23-20-17-14-11-8-5-2/h17,20,25-28,35,37,59H,4-16,18-19,21-24,29-34,36,38-58H2,1-3H3/b20-17-,27-25-,28-26-,37-35-/t59-/m1/s1. The predicted octanol–water partition coefficient (Wildman–Crippen LogP) is 19.8. The number of carbonyl (C=O) groups is 3. The van der Waals surface area contributed by atoms with Crippen molar-refractivity contribution >= 4 is 17.9 Å². The van der Waals surface area contributed by atoms with Gasteiger partial charge in [0, 0.05) is 19.3 Å². The van der Waals surface area contributed by atoms with Crippen molar-refractivity contribution in [2.75, 3.05) is 13.2 Å². The molecule has 0 N–H and O–H groups in total. The van der Waals surface area contributed by atoms with Gasteiger partial charge in [-0.3, -0.25) is 14.4 Å². The zero-order valence-corrected chi connectivity index (χ0v) is 45.4. The van der Waals surface area contributed by atoms with Gasteiger partial charge in [-0.1, -0.05) is 256 Å². The maximum atomic E-state index is 12.8. The van der Waals surface area contributed by atoms with Gasteiger partial charge in [0.05, 0.1) is 0 Å². The van der Waals surface area contributed by atoms with Crippen LogP contribution in [0.3, 0.4) is 0 Å². The van der Waals surface area contributed by atoms with E-state index in [0.29, 0.717) is 19.3 Å². The van der Waals surface area contributed by atoms with Crippen LogP contribution in [0.1, 0.15) is 310 Å². The molecule has 0 bridgehead atoms. The van der Waals surface area contributed by atoms with Crippen molar-refractivity contribution in [3.05, 3.63) is 48.6 Å². The summed E-state index contributed by atoms with van der Waals surface area (Å²) >= 11 is 0. The van der Waals surface area contributed by atoms with Crippen LogP contribution in [-0.4, -0.2) is 37.2 Å². The Balaban J connectivity index is 4.31. The van der Waals surface area contributed by atoms with E-state index in [-0.39, 0.29) is 31.1 Å². The quantitative estimate of drug-likeness (QED) is 0.0262. The number of hydrogen-bond acceptors (Lipinski definition) is 6. The molecule has 0 aliphatic heterocycles. The van der Waals surface area contributed by atoms with Gasteiger partial charge in [-0.05, 0) is 83.5 Å². The average molecular weight is 954 g/mol. The van der Waals surface area contributed by atoms with Gasteiger partial charge in [-0.25, -0.2) is 0 Å². The zero-order valence-electron chi connectivity index (χ0n) is 45.4. The summed E-state index contributed by atoms with van der Waals surface area (Å²) in [5.74, 6) is -0.886. The highest BCUT2D eigenvalue weighted by Gasteiger charge is 2.19. The van der Waals surface area contributed by atoms with Crippen molar-refractivity contribution < 1.29 is 28.6 Å². The minimum Gasteiger partial charge on any atom is -0.462 e. The van der Waals surface area contributed by atoms with Crippen LogP contribution in [0.15, 0.2) is 48.6 Å². The summed E-state index contributed by atoms with van der Waals surface area (Å²) in [7, 11) is 0. The van der Waals surface area contributed by atoms with Crippen molar-refractivity contribution in [1.29, 1.82) is 0 Å². The molecule has 0 aliphatic rings. The SMILES string of the molecule is CCCCC/C=C\C/C=C\C/C=C\CCCCCCC(=O)OC[C@H](COC(=O)CCCCCCCCCCCCC/C=C\CCCCCCCC)OC(=O)CCCCCCCCCCCCCC. The molecule has 396 valence electrons. The van der Waals surface area contributed by atoms with Crippen LogP contribution in [0.5, 0.6) is 0 Å². The molecule has 0 heterocycles. The van der Waals surface area contributed by atoms with Gasteiger partial charge in [0.1, 0.15) is 13.2 Å². The molecule has 0 unspecified atom stereocenters. The lowest BCUT2D eigenvalue weighted by Gasteiger charge is -2.18. The minimum atomic E-state index is -0.780. The van der Waals surface area contributed by atoms with E-state index in [4.69, 9.17) is 14.2 Å². The van der Waals surface area contributed by atoms with Crippen LogP contribution in [0.4, 0.5) is 0 Å². The van der Waals surface area contributed by atoms with E-state index in [0.717, 1.165) is 83.5 Å². The Morgan fingerprint density at radius 3 is 0.868 bits per heavy atom. The van der Waals surface area contributed by atoms with Crippen molar-refractivity contribution in [3.8, 4) is 0 Å². The molecule has 0 aromatic rings. The Morgan fingerprint density at radius 2 is 0.529 bits per heavy atom. The third-order valence-electron chi connectivity index (χ3n) is 13.1. The van der Waals surface area contributed by atoms with Gasteiger partial charge in [0.15, 0.2) is 6.10 Å². The van der Waals surface area contributed by atoms with Crippen molar-refractivity contribution in [2.45, 2.75) is 316 Å². The number of allylic oxidation sites excluding steroid dienone is 8. The van der Waals surface area contributed by atoms with Crippen LogP contribution in [0, 0.1) is 0 Å². The third-order valence-corrected chi connectivity index (χ3v) is 13.1. The summed E-state index contributed by atoms with van der Waals surface area (Å²) in [6, 6.07) is 0. The number of unbranched alkanes of at least 4 members (excludes halogenated alkanes) is 35. The summed E-state index contributed by atoms with van der Waals surface area (Å²) in [5.41, 5.74) is 0. The van der Waals surface area contributed by atoms with E-state index in [9.17, 15) is 14.4 Å². The highest BCUT2D eigenvalue weighted by atomic mass is 16.6. The molecule has 6 heteroatoms. The Kier molecular flexibility index (Phi) is 54.8. The molecular formula is C62H112O6. The Morgan fingerprint density at radius 1 is 0.294 bits per heavy atom. The molecule has 0 radical (unpaired) electrons.